The van der Waals surface area contributed by atoms with Gasteiger partial charge in [0.05, 0.1) is 16.3 Å². The fourth-order valence-electron chi connectivity index (χ4n) is 2.04. The molecule has 1 aromatic carbocycles. The van der Waals surface area contributed by atoms with E-state index < -0.39 is 18.0 Å². The van der Waals surface area contributed by atoms with E-state index in [1.807, 2.05) is 20.8 Å². The van der Waals surface area contributed by atoms with E-state index in [0.717, 1.165) is 0 Å². The van der Waals surface area contributed by atoms with E-state index in [2.05, 4.69) is 4.98 Å². The first-order chi connectivity index (χ1) is 12.6. The average molecular weight is 391 g/mol. The van der Waals surface area contributed by atoms with Crippen molar-refractivity contribution in [1.29, 1.82) is 0 Å². The van der Waals surface area contributed by atoms with Crippen molar-refractivity contribution in [2.24, 2.45) is 5.41 Å². The minimum Gasteiger partial charge on any atom is -0.493 e. The molecule has 1 heterocycles. The molecule has 0 fully saturated rings. The molecule has 0 aliphatic rings. The molecule has 0 aliphatic heterocycles. The Labute approximate surface area is 159 Å². The van der Waals surface area contributed by atoms with Gasteiger partial charge in [-0.05, 0) is 23.8 Å². The number of carbonyl (C=O) groups excluding carboxylic acids is 1. The molecule has 8 heteroatoms. The smallest absolute Gasteiger partial charge is 0.341 e. The zero-order valence-electron chi connectivity index (χ0n) is 15.5. The second-order valence-electron chi connectivity index (χ2n) is 6.78. The highest BCUT2D eigenvalue weighted by Crippen LogP contribution is 2.28. The van der Waals surface area contributed by atoms with E-state index in [1.165, 1.54) is 24.5 Å². The van der Waals surface area contributed by atoms with Crippen LogP contribution >= 0.6 is 11.3 Å². The molecule has 0 aliphatic carbocycles. The third-order valence-corrected chi connectivity index (χ3v) is 4.48. The van der Waals surface area contributed by atoms with E-state index in [0.29, 0.717) is 26.3 Å². The van der Waals surface area contributed by atoms with Crippen molar-refractivity contribution >= 4 is 35.2 Å². The number of rotatable bonds is 6. The molecule has 0 saturated carbocycles. The fraction of sp³-hybridized carbons (Fsp3) is 0.316. The quantitative estimate of drug-likeness (QED) is 0.765. The second-order valence-corrected chi connectivity index (χ2v) is 7.86. The van der Waals surface area contributed by atoms with E-state index >= 15 is 0 Å². The first kappa shape index (κ1) is 20.4. The first-order valence-electron chi connectivity index (χ1n) is 8.10. The summed E-state index contributed by atoms with van der Waals surface area (Å²) >= 11 is 1.18. The van der Waals surface area contributed by atoms with Gasteiger partial charge in [-0.3, -0.25) is 9.59 Å². The van der Waals surface area contributed by atoms with Crippen molar-refractivity contribution in [2.75, 3.05) is 13.7 Å². The molecular weight excluding hydrogens is 370 g/mol. The average Bonchev–Trinajstić information content (AvgIpc) is 2.91. The second kappa shape index (κ2) is 8.22. The third-order valence-electron chi connectivity index (χ3n) is 3.52. The SMILES string of the molecule is COc1cc(C=c2sc(=CC(=O)C(C)(C)C)[nH]c2=O)ccc1OCC(=O)O. The lowest BCUT2D eigenvalue weighted by Gasteiger charge is -2.12. The Morgan fingerprint density at radius 3 is 2.56 bits per heavy atom. The van der Waals surface area contributed by atoms with Crippen molar-refractivity contribution in [3.63, 3.8) is 0 Å². The molecule has 144 valence electrons. The maximum absolute atomic E-state index is 12.1. The number of aliphatic carboxylic acids is 1. The maximum atomic E-state index is 12.1. The standard InChI is InChI=1S/C19H21NO6S/c1-19(2,3)15(21)9-16-20-18(24)14(27-16)8-11-5-6-12(13(7-11)25-4)26-10-17(22)23/h5-9H,10H2,1-4H3,(H,20,24)(H,22,23). The van der Waals surface area contributed by atoms with E-state index in [1.54, 1.807) is 24.3 Å². The monoisotopic (exact) mass is 391 g/mol. The van der Waals surface area contributed by atoms with Gasteiger partial charge in [0, 0.05) is 11.5 Å². The summed E-state index contributed by atoms with van der Waals surface area (Å²) in [4.78, 5) is 37.5. The van der Waals surface area contributed by atoms with Crippen LogP contribution in [0.2, 0.25) is 0 Å². The zero-order chi connectivity index (χ0) is 20.2. The Morgan fingerprint density at radius 2 is 1.96 bits per heavy atom. The van der Waals surface area contributed by atoms with Crippen LogP contribution in [0.15, 0.2) is 23.0 Å². The van der Waals surface area contributed by atoms with Crippen LogP contribution in [0.4, 0.5) is 0 Å². The van der Waals surface area contributed by atoms with Crippen molar-refractivity contribution in [2.45, 2.75) is 20.8 Å². The number of carbonyl (C=O) groups is 2. The number of H-pyrrole nitrogens is 1. The van der Waals surface area contributed by atoms with E-state index in [9.17, 15) is 14.4 Å². The van der Waals surface area contributed by atoms with E-state index in [-0.39, 0.29) is 11.3 Å². The number of nitrogens with one attached hydrogen (secondary N) is 1. The molecule has 1 aromatic heterocycles. The Morgan fingerprint density at radius 1 is 1.26 bits per heavy atom. The fourth-order valence-corrected chi connectivity index (χ4v) is 2.93. The Bertz CT molecular complexity index is 1030. The summed E-state index contributed by atoms with van der Waals surface area (Å²) in [6, 6.07) is 4.90. The number of aromatic amines is 1. The number of aromatic nitrogens is 1. The molecular formula is C19H21NO6S. The van der Waals surface area contributed by atoms with Crippen molar-refractivity contribution in [1.82, 2.24) is 4.98 Å². The largest absolute Gasteiger partial charge is 0.493 e. The van der Waals surface area contributed by atoms with Gasteiger partial charge in [-0.15, -0.1) is 11.3 Å². The maximum Gasteiger partial charge on any atom is 0.341 e. The minimum absolute atomic E-state index is 0.0758. The van der Waals surface area contributed by atoms with Gasteiger partial charge in [0.1, 0.15) is 0 Å². The molecule has 0 unspecified atom stereocenters. The van der Waals surface area contributed by atoms with Gasteiger partial charge in [0.15, 0.2) is 23.9 Å². The van der Waals surface area contributed by atoms with Crippen LogP contribution in [0.5, 0.6) is 11.5 Å². The van der Waals surface area contributed by atoms with Crippen LogP contribution in [0.1, 0.15) is 26.3 Å². The van der Waals surface area contributed by atoms with Crippen LogP contribution in [0.3, 0.4) is 0 Å². The molecule has 7 nitrogen and oxygen atoms in total. The van der Waals surface area contributed by atoms with Gasteiger partial charge in [0.25, 0.3) is 5.56 Å². The number of benzene rings is 1. The van der Waals surface area contributed by atoms with Crippen molar-refractivity contribution < 1.29 is 24.2 Å². The van der Waals surface area contributed by atoms with Crippen molar-refractivity contribution in [3.8, 4) is 11.5 Å². The molecule has 0 bridgehead atoms. The van der Waals surface area contributed by atoms with Gasteiger partial charge in [-0.25, -0.2) is 4.79 Å². The predicted octanol–water partition coefficient (Wildman–Crippen LogP) is 1.13. The number of hydrogen-bond donors (Lipinski definition) is 2. The number of carboxylic acid groups (broad SMARTS) is 1. The molecule has 0 spiro atoms. The number of carboxylic acids is 1. The van der Waals surface area contributed by atoms with Crippen LogP contribution in [0, 0.1) is 5.41 Å². The highest BCUT2D eigenvalue weighted by Gasteiger charge is 2.18. The van der Waals surface area contributed by atoms with Gasteiger partial charge in [-0.1, -0.05) is 26.8 Å². The summed E-state index contributed by atoms with van der Waals surface area (Å²) in [5, 5.41) is 8.70. The van der Waals surface area contributed by atoms with Crippen molar-refractivity contribution in [3.05, 3.63) is 43.3 Å². The van der Waals surface area contributed by atoms with Crippen LogP contribution in [-0.4, -0.2) is 35.6 Å². The summed E-state index contributed by atoms with van der Waals surface area (Å²) in [5.74, 6) is -0.519. The lowest BCUT2D eigenvalue weighted by atomic mass is 9.91. The predicted molar refractivity (Wildman–Crippen MR) is 103 cm³/mol. The summed E-state index contributed by atoms with van der Waals surface area (Å²) < 4.78 is 11.3. The van der Waals surface area contributed by atoms with Gasteiger partial charge in [0.2, 0.25) is 0 Å². The lowest BCUT2D eigenvalue weighted by molar-refractivity contribution is -0.139. The Kier molecular flexibility index (Phi) is 6.22. The lowest BCUT2D eigenvalue weighted by Crippen LogP contribution is -2.22. The first-order valence-corrected chi connectivity index (χ1v) is 8.91. The molecule has 0 atom stereocenters. The Hall–Kier alpha value is -2.87. The molecule has 0 radical (unpaired) electrons. The summed E-state index contributed by atoms with van der Waals surface area (Å²) in [5.41, 5.74) is -0.141. The van der Waals surface area contributed by atoms with Crippen LogP contribution < -0.4 is 24.2 Å². The molecule has 2 N–H and O–H groups in total. The minimum atomic E-state index is -1.09. The molecule has 2 rings (SSSR count). The number of hydrogen-bond acceptors (Lipinski definition) is 6. The van der Waals surface area contributed by atoms with Gasteiger partial charge >= 0.3 is 5.97 Å². The summed E-state index contributed by atoms with van der Waals surface area (Å²) in [7, 11) is 1.44. The number of Topliss-reactive ketones (excluding diaryl/α,β-unsaturated/α-hetero) is 1. The normalized spacial score (nSPS) is 12.9. The number of ketones is 1. The highest BCUT2D eigenvalue weighted by molar-refractivity contribution is 7.07. The third kappa shape index (κ3) is 5.55. The molecule has 0 saturated heterocycles. The molecule has 27 heavy (non-hydrogen) atoms. The number of methoxy groups -OCH3 is 1. The summed E-state index contributed by atoms with van der Waals surface area (Å²) in [6.45, 7) is 4.95. The molecule has 2 aromatic rings. The topological polar surface area (TPSA) is 106 Å². The number of thiazole rings is 1. The van der Waals surface area contributed by atoms with Gasteiger partial charge < -0.3 is 19.6 Å². The van der Waals surface area contributed by atoms with E-state index in [4.69, 9.17) is 14.6 Å². The Balaban J connectivity index is 2.39. The van der Waals surface area contributed by atoms with Crippen LogP contribution in [0.25, 0.3) is 12.2 Å². The number of ether oxygens (including phenoxy) is 2. The zero-order valence-corrected chi connectivity index (χ0v) is 16.3. The molecule has 0 amide bonds. The summed E-state index contributed by atoms with van der Waals surface area (Å²) in [6.07, 6.45) is 3.10. The van der Waals surface area contributed by atoms with Crippen LogP contribution in [-0.2, 0) is 9.59 Å². The highest BCUT2D eigenvalue weighted by atomic mass is 32.1. The van der Waals surface area contributed by atoms with Gasteiger partial charge in [-0.2, -0.15) is 0 Å².